The van der Waals surface area contributed by atoms with Gasteiger partial charge in [-0.15, -0.1) is 0 Å². The molecule has 3 nitrogen and oxygen atoms in total. The molecule has 1 aromatic rings. The first-order valence-electron chi connectivity index (χ1n) is 6.98. The normalized spacial score (nSPS) is 11.7. The van der Waals surface area contributed by atoms with Crippen molar-refractivity contribution in [3.8, 4) is 0 Å². The SMILES string of the molecule is CC(C)c1cccc(NC(=O)CCC[N+](C)(C)C)c1. The number of carbonyl (C=O) groups excluding carboxylic acids is 1. The topological polar surface area (TPSA) is 29.1 Å². The lowest BCUT2D eigenvalue weighted by atomic mass is 10.0. The number of nitrogens with zero attached hydrogens (tertiary/aromatic N) is 1. The van der Waals surface area contributed by atoms with Crippen molar-refractivity contribution in [3.63, 3.8) is 0 Å². The fraction of sp³-hybridized carbons (Fsp3) is 0.562. The number of hydrogen-bond acceptors (Lipinski definition) is 1. The Labute approximate surface area is 117 Å². The van der Waals surface area contributed by atoms with Crippen LogP contribution >= 0.6 is 0 Å². The molecule has 0 fully saturated rings. The van der Waals surface area contributed by atoms with E-state index in [9.17, 15) is 4.79 Å². The second-order valence-corrected chi connectivity index (χ2v) is 6.45. The van der Waals surface area contributed by atoms with Gasteiger partial charge in [0.1, 0.15) is 0 Å². The van der Waals surface area contributed by atoms with Gasteiger partial charge in [0.25, 0.3) is 0 Å². The number of anilines is 1. The summed E-state index contributed by atoms with van der Waals surface area (Å²) in [5.74, 6) is 0.587. The van der Waals surface area contributed by atoms with Crippen molar-refractivity contribution < 1.29 is 9.28 Å². The van der Waals surface area contributed by atoms with Crippen molar-refractivity contribution in [1.29, 1.82) is 0 Å². The molecular formula is C16H27N2O+. The third-order valence-corrected chi connectivity index (χ3v) is 3.07. The summed E-state index contributed by atoms with van der Waals surface area (Å²) in [5, 5.41) is 2.98. The van der Waals surface area contributed by atoms with E-state index >= 15 is 0 Å². The molecule has 0 aromatic heterocycles. The monoisotopic (exact) mass is 263 g/mol. The summed E-state index contributed by atoms with van der Waals surface area (Å²) in [6, 6.07) is 8.10. The van der Waals surface area contributed by atoms with E-state index in [1.807, 2.05) is 12.1 Å². The Morgan fingerprint density at radius 1 is 1.26 bits per heavy atom. The highest BCUT2D eigenvalue weighted by molar-refractivity contribution is 5.90. The fourth-order valence-electron chi connectivity index (χ4n) is 1.91. The van der Waals surface area contributed by atoms with E-state index in [1.165, 1.54) is 5.56 Å². The quantitative estimate of drug-likeness (QED) is 0.784. The summed E-state index contributed by atoms with van der Waals surface area (Å²) in [6.45, 7) is 5.32. The maximum absolute atomic E-state index is 11.9. The molecule has 0 radical (unpaired) electrons. The zero-order valence-electron chi connectivity index (χ0n) is 12.9. The van der Waals surface area contributed by atoms with E-state index in [2.05, 4.69) is 52.4 Å². The highest BCUT2D eigenvalue weighted by Gasteiger charge is 2.09. The Hall–Kier alpha value is -1.35. The van der Waals surface area contributed by atoms with Gasteiger partial charge < -0.3 is 9.80 Å². The second-order valence-electron chi connectivity index (χ2n) is 6.45. The minimum absolute atomic E-state index is 0.106. The van der Waals surface area contributed by atoms with Gasteiger partial charge in [0.2, 0.25) is 5.91 Å². The molecule has 0 unspecified atom stereocenters. The highest BCUT2D eigenvalue weighted by Crippen LogP contribution is 2.18. The van der Waals surface area contributed by atoms with Crippen molar-refractivity contribution in [3.05, 3.63) is 29.8 Å². The molecule has 1 amide bonds. The molecule has 0 saturated carbocycles. The first kappa shape index (κ1) is 15.7. The molecule has 0 aliphatic carbocycles. The summed E-state index contributed by atoms with van der Waals surface area (Å²) in [6.07, 6.45) is 1.50. The largest absolute Gasteiger partial charge is 0.331 e. The molecule has 1 rings (SSSR count). The Morgan fingerprint density at radius 3 is 2.53 bits per heavy atom. The highest BCUT2D eigenvalue weighted by atomic mass is 16.1. The first-order valence-corrected chi connectivity index (χ1v) is 6.98. The van der Waals surface area contributed by atoms with Gasteiger partial charge in [-0.3, -0.25) is 4.79 Å². The van der Waals surface area contributed by atoms with Crippen molar-refractivity contribution in [2.24, 2.45) is 0 Å². The van der Waals surface area contributed by atoms with Crippen molar-refractivity contribution in [1.82, 2.24) is 0 Å². The van der Waals surface area contributed by atoms with Crippen LogP contribution in [0, 0.1) is 0 Å². The summed E-state index contributed by atoms with van der Waals surface area (Å²) >= 11 is 0. The molecule has 0 saturated heterocycles. The van der Waals surface area contributed by atoms with E-state index in [0.717, 1.165) is 23.1 Å². The molecule has 1 N–H and O–H groups in total. The summed E-state index contributed by atoms with van der Waals surface area (Å²) in [5.41, 5.74) is 2.16. The van der Waals surface area contributed by atoms with E-state index in [1.54, 1.807) is 0 Å². The third-order valence-electron chi connectivity index (χ3n) is 3.07. The van der Waals surface area contributed by atoms with Crippen LogP contribution in [-0.2, 0) is 4.79 Å². The van der Waals surface area contributed by atoms with Gasteiger partial charge in [0, 0.05) is 18.5 Å². The van der Waals surface area contributed by atoms with E-state index in [4.69, 9.17) is 0 Å². The summed E-state index contributed by atoms with van der Waals surface area (Å²) in [7, 11) is 6.43. The Balaban J connectivity index is 2.46. The van der Waals surface area contributed by atoms with Crippen LogP contribution in [0.5, 0.6) is 0 Å². The average Bonchev–Trinajstić information content (AvgIpc) is 2.27. The van der Waals surface area contributed by atoms with Crippen LogP contribution < -0.4 is 5.32 Å². The van der Waals surface area contributed by atoms with Crippen molar-refractivity contribution in [2.45, 2.75) is 32.6 Å². The maximum Gasteiger partial charge on any atom is 0.224 e. The molecule has 0 atom stereocenters. The van der Waals surface area contributed by atoms with E-state index in [-0.39, 0.29) is 5.91 Å². The molecule has 3 heteroatoms. The molecule has 0 bridgehead atoms. The number of carbonyl (C=O) groups is 1. The van der Waals surface area contributed by atoms with Crippen LogP contribution in [0.4, 0.5) is 5.69 Å². The van der Waals surface area contributed by atoms with Gasteiger partial charge >= 0.3 is 0 Å². The summed E-state index contributed by atoms with van der Waals surface area (Å²) < 4.78 is 0.899. The van der Waals surface area contributed by atoms with E-state index in [0.29, 0.717) is 12.3 Å². The standard InChI is InChI=1S/C16H26N2O/c1-13(2)14-8-6-9-15(12-14)17-16(19)10-7-11-18(3,4)5/h6,8-9,12-13H,7,10-11H2,1-5H3/p+1. The minimum atomic E-state index is 0.106. The smallest absolute Gasteiger partial charge is 0.224 e. The van der Waals surface area contributed by atoms with Crippen molar-refractivity contribution in [2.75, 3.05) is 33.0 Å². The van der Waals surface area contributed by atoms with Gasteiger partial charge in [0.15, 0.2) is 0 Å². The number of amides is 1. The molecule has 1 aromatic carbocycles. The Bertz CT molecular complexity index is 419. The number of nitrogens with one attached hydrogen (secondary N) is 1. The Morgan fingerprint density at radius 2 is 1.95 bits per heavy atom. The zero-order valence-corrected chi connectivity index (χ0v) is 12.9. The van der Waals surface area contributed by atoms with Crippen LogP contribution in [0.1, 0.15) is 38.2 Å². The van der Waals surface area contributed by atoms with Gasteiger partial charge in [-0.25, -0.2) is 0 Å². The molecule has 0 heterocycles. The second kappa shape index (κ2) is 6.71. The van der Waals surface area contributed by atoms with Crippen LogP contribution in [0.3, 0.4) is 0 Å². The third kappa shape index (κ3) is 6.39. The molecule has 19 heavy (non-hydrogen) atoms. The average molecular weight is 263 g/mol. The number of rotatable bonds is 6. The molecule has 0 aliphatic rings. The molecular weight excluding hydrogens is 236 g/mol. The lowest BCUT2D eigenvalue weighted by molar-refractivity contribution is -0.870. The zero-order chi connectivity index (χ0) is 14.5. The van der Waals surface area contributed by atoms with Crippen LogP contribution in [0.2, 0.25) is 0 Å². The fourth-order valence-corrected chi connectivity index (χ4v) is 1.91. The van der Waals surface area contributed by atoms with Gasteiger partial charge in [-0.05, 0) is 23.6 Å². The lowest BCUT2D eigenvalue weighted by Crippen LogP contribution is -2.35. The van der Waals surface area contributed by atoms with Gasteiger partial charge in [-0.2, -0.15) is 0 Å². The van der Waals surface area contributed by atoms with Crippen LogP contribution in [0.15, 0.2) is 24.3 Å². The molecule has 106 valence electrons. The predicted molar refractivity (Wildman–Crippen MR) is 81.3 cm³/mol. The molecule has 0 aliphatic heterocycles. The first-order chi connectivity index (χ1) is 8.78. The van der Waals surface area contributed by atoms with Gasteiger partial charge in [-0.1, -0.05) is 26.0 Å². The van der Waals surface area contributed by atoms with Crippen LogP contribution in [-0.4, -0.2) is 38.1 Å². The number of quaternary nitrogens is 1. The lowest BCUT2D eigenvalue weighted by Gasteiger charge is -2.23. The predicted octanol–water partition coefficient (Wildman–Crippen LogP) is 3.23. The minimum Gasteiger partial charge on any atom is -0.331 e. The van der Waals surface area contributed by atoms with E-state index < -0.39 is 0 Å². The summed E-state index contributed by atoms with van der Waals surface area (Å²) in [4.78, 5) is 11.9. The van der Waals surface area contributed by atoms with Crippen molar-refractivity contribution >= 4 is 11.6 Å². The van der Waals surface area contributed by atoms with Crippen LogP contribution in [0.25, 0.3) is 0 Å². The Kier molecular flexibility index (Phi) is 5.55. The maximum atomic E-state index is 11.9. The molecule has 0 spiro atoms. The number of hydrogen-bond donors (Lipinski definition) is 1. The van der Waals surface area contributed by atoms with Gasteiger partial charge in [0.05, 0.1) is 27.7 Å². The number of benzene rings is 1.